The van der Waals surface area contributed by atoms with E-state index in [1.807, 2.05) is 12.1 Å². The maximum absolute atomic E-state index is 13.3. The monoisotopic (exact) mass is 257 g/mol. The first-order valence-corrected chi connectivity index (χ1v) is 6.54. The molecule has 0 aliphatic heterocycles. The summed E-state index contributed by atoms with van der Waals surface area (Å²) in [6, 6.07) is 7.54. The van der Waals surface area contributed by atoms with E-state index in [-0.39, 0.29) is 5.82 Å². The van der Waals surface area contributed by atoms with Crippen LogP contribution in [0.4, 0.5) is 4.39 Å². The van der Waals surface area contributed by atoms with Gasteiger partial charge in [-0.15, -0.1) is 0 Å². The first-order chi connectivity index (χ1) is 9.22. The molecule has 1 heterocycles. The molecule has 1 N–H and O–H groups in total. The summed E-state index contributed by atoms with van der Waals surface area (Å²) in [6.07, 6.45) is 4.25. The van der Waals surface area contributed by atoms with Crippen molar-refractivity contribution in [3.63, 3.8) is 0 Å². The second-order valence-corrected chi connectivity index (χ2v) is 4.98. The second-order valence-electron chi connectivity index (χ2n) is 4.98. The van der Waals surface area contributed by atoms with Crippen LogP contribution in [-0.2, 0) is 6.54 Å². The van der Waals surface area contributed by atoms with Crippen LogP contribution in [-0.4, -0.2) is 16.0 Å². The van der Waals surface area contributed by atoms with E-state index >= 15 is 0 Å². The van der Waals surface area contributed by atoms with E-state index in [4.69, 9.17) is 0 Å². The van der Waals surface area contributed by atoms with Crippen molar-refractivity contribution in [1.82, 2.24) is 15.3 Å². The lowest BCUT2D eigenvalue weighted by atomic mass is 10.1. The van der Waals surface area contributed by atoms with Crippen molar-refractivity contribution in [3.8, 4) is 11.3 Å². The average Bonchev–Trinajstić information content (AvgIpc) is 3.24. The minimum atomic E-state index is -0.187. The van der Waals surface area contributed by atoms with Crippen LogP contribution in [0.2, 0.25) is 0 Å². The standard InChI is InChI=1S/C15H16FN3/c1-10-8-11(2-5-13(10)16)14-6-7-17-15(19-14)9-18-12-3-4-12/h2,5-8,12,18H,3-4,9H2,1H3. The van der Waals surface area contributed by atoms with Crippen LogP contribution in [0.5, 0.6) is 0 Å². The summed E-state index contributed by atoms with van der Waals surface area (Å²) >= 11 is 0. The number of hydrogen-bond acceptors (Lipinski definition) is 3. The van der Waals surface area contributed by atoms with Crippen molar-refractivity contribution < 1.29 is 4.39 Å². The van der Waals surface area contributed by atoms with Crippen LogP contribution in [0.1, 0.15) is 24.2 Å². The van der Waals surface area contributed by atoms with Gasteiger partial charge in [-0.25, -0.2) is 14.4 Å². The zero-order chi connectivity index (χ0) is 13.2. The normalized spacial score (nSPS) is 14.6. The quantitative estimate of drug-likeness (QED) is 0.915. The Morgan fingerprint density at radius 3 is 2.89 bits per heavy atom. The van der Waals surface area contributed by atoms with Gasteiger partial charge in [0.15, 0.2) is 0 Å². The molecule has 1 aromatic carbocycles. The minimum Gasteiger partial charge on any atom is -0.307 e. The van der Waals surface area contributed by atoms with Gasteiger partial charge in [-0.05, 0) is 49.6 Å². The van der Waals surface area contributed by atoms with Crippen molar-refractivity contribution in [1.29, 1.82) is 0 Å². The number of benzene rings is 1. The van der Waals surface area contributed by atoms with E-state index < -0.39 is 0 Å². The first-order valence-electron chi connectivity index (χ1n) is 6.54. The highest BCUT2D eigenvalue weighted by molar-refractivity contribution is 5.59. The number of nitrogens with one attached hydrogen (secondary N) is 1. The van der Waals surface area contributed by atoms with Gasteiger partial charge in [0, 0.05) is 17.8 Å². The van der Waals surface area contributed by atoms with Gasteiger partial charge in [0.05, 0.1) is 12.2 Å². The zero-order valence-electron chi connectivity index (χ0n) is 10.9. The van der Waals surface area contributed by atoms with Gasteiger partial charge in [0.2, 0.25) is 0 Å². The third-order valence-electron chi connectivity index (χ3n) is 3.29. The Hall–Kier alpha value is -1.81. The third-order valence-corrected chi connectivity index (χ3v) is 3.29. The SMILES string of the molecule is Cc1cc(-c2ccnc(CNC3CC3)n2)ccc1F. The Morgan fingerprint density at radius 1 is 1.32 bits per heavy atom. The number of hydrogen-bond donors (Lipinski definition) is 1. The Balaban J connectivity index is 1.82. The Kier molecular flexibility index (Phi) is 3.25. The highest BCUT2D eigenvalue weighted by atomic mass is 19.1. The largest absolute Gasteiger partial charge is 0.307 e. The van der Waals surface area contributed by atoms with Crippen molar-refractivity contribution in [2.45, 2.75) is 32.4 Å². The van der Waals surface area contributed by atoms with Gasteiger partial charge >= 0.3 is 0 Å². The summed E-state index contributed by atoms with van der Waals surface area (Å²) in [5.41, 5.74) is 2.40. The van der Waals surface area contributed by atoms with Gasteiger partial charge in [0.1, 0.15) is 11.6 Å². The van der Waals surface area contributed by atoms with Gasteiger partial charge < -0.3 is 5.32 Å². The average molecular weight is 257 g/mol. The smallest absolute Gasteiger partial charge is 0.142 e. The molecule has 0 atom stereocenters. The molecule has 2 aromatic rings. The second kappa shape index (κ2) is 5.05. The molecule has 1 fully saturated rings. The van der Waals surface area contributed by atoms with E-state index in [0.717, 1.165) is 17.1 Å². The lowest BCUT2D eigenvalue weighted by molar-refractivity contribution is 0.618. The molecule has 0 bridgehead atoms. The molecule has 0 saturated heterocycles. The molecule has 1 aliphatic carbocycles. The topological polar surface area (TPSA) is 37.8 Å². The van der Waals surface area contributed by atoms with Crippen LogP contribution in [0, 0.1) is 12.7 Å². The number of aromatic nitrogens is 2. The van der Waals surface area contributed by atoms with E-state index in [0.29, 0.717) is 18.2 Å². The summed E-state index contributed by atoms with van der Waals surface area (Å²) in [4.78, 5) is 8.77. The highest BCUT2D eigenvalue weighted by Gasteiger charge is 2.20. The van der Waals surface area contributed by atoms with Crippen LogP contribution >= 0.6 is 0 Å². The van der Waals surface area contributed by atoms with Crippen LogP contribution in [0.3, 0.4) is 0 Å². The van der Waals surface area contributed by atoms with E-state index in [1.165, 1.54) is 18.9 Å². The molecule has 1 saturated carbocycles. The molecule has 19 heavy (non-hydrogen) atoms. The predicted molar refractivity (Wildman–Crippen MR) is 72.0 cm³/mol. The van der Waals surface area contributed by atoms with E-state index in [1.54, 1.807) is 19.2 Å². The van der Waals surface area contributed by atoms with E-state index in [2.05, 4.69) is 15.3 Å². The first kappa shape index (κ1) is 12.2. The molecule has 4 heteroatoms. The van der Waals surface area contributed by atoms with E-state index in [9.17, 15) is 4.39 Å². The molecule has 3 rings (SSSR count). The number of nitrogens with zero attached hydrogens (tertiary/aromatic N) is 2. The van der Waals surface area contributed by atoms with Crippen LogP contribution < -0.4 is 5.32 Å². The fourth-order valence-electron chi connectivity index (χ4n) is 1.97. The van der Waals surface area contributed by atoms with Crippen molar-refractivity contribution >= 4 is 0 Å². The molecule has 0 unspecified atom stereocenters. The number of aryl methyl sites for hydroxylation is 1. The summed E-state index contributed by atoms with van der Waals surface area (Å²) in [5.74, 6) is 0.597. The van der Waals surface area contributed by atoms with Crippen LogP contribution in [0.25, 0.3) is 11.3 Å². The van der Waals surface area contributed by atoms with Gasteiger partial charge in [-0.3, -0.25) is 0 Å². The van der Waals surface area contributed by atoms with Crippen LogP contribution in [0.15, 0.2) is 30.5 Å². The Morgan fingerprint density at radius 2 is 2.16 bits per heavy atom. The Labute approximate surface area is 111 Å². The highest BCUT2D eigenvalue weighted by Crippen LogP contribution is 2.21. The van der Waals surface area contributed by atoms with Gasteiger partial charge in [-0.1, -0.05) is 0 Å². The summed E-state index contributed by atoms with van der Waals surface area (Å²) in [6.45, 7) is 2.45. The molecule has 1 aromatic heterocycles. The molecule has 1 aliphatic rings. The minimum absolute atomic E-state index is 0.187. The lowest BCUT2D eigenvalue weighted by Crippen LogP contribution is -2.17. The van der Waals surface area contributed by atoms with Crippen molar-refractivity contribution in [3.05, 3.63) is 47.7 Å². The Bertz CT molecular complexity index is 594. The summed E-state index contributed by atoms with van der Waals surface area (Å²) in [7, 11) is 0. The lowest BCUT2D eigenvalue weighted by Gasteiger charge is -2.06. The fraction of sp³-hybridized carbons (Fsp3) is 0.333. The predicted octanol–water partition coefficient (Wildman–Crippen LogP) is 2.84. The van der Waals surface area contributed by atoms with Gasteiger partial charge in [-0.2, -0.15) is 0 Å². The molecular formula is C15H16FN3. The summed E-state index contributed by atoms with van der Waals surface area (Å²) < 4.78 is 13.3. The molecular weight excluding hydrogens is 241 g/mol. The number of halogens is 1. The number of rotatable bonds is 4. The maximum Gasteiger partial charge on any atom is 0.142 e. The maximum atomic E-state index is 13.3. The molecule has 3 nitrogen and oxygen atoms in total. The molecule has 0 spiro atoms. The zero-order valence-corrected chi connectivity index (χ0v) is 10.9. The molecule has 0 amide bonds. The fourth-order valence-corrected chi connectivity index (χ4v) is 1.97. The molecule has 98 valence electrons. The van der Waals surface area contributed by atoms with Gasteiger partial charge in [0.25, 0.3) is 0 Å². The van der Waals surface area contributed by atoms with Crippen molar-refractivity contribution in [2.24, 2.45) is 0 Å². The summed E-state index contributed by atoms with van der Waals surface area (Å²) in [5, 5.41) is 3.39. The van der Waals surface area contributed by atoms with Crippen molar-refractivity contribution in [2.75, 3.05) is 0 Å². The molecule has 0 radical (unpaired) electrons. The third kappa shape index (κ3) is 2.96.